The van der Waals surface area contributed by atoms with Gasteiger partial charge in [-0.25, -0.2) is 0 Å². The molecular weight excluding hydrogens is 565 g/mol. The molecule has 0 amide bonds. The number of hydrogen-bond acceptors (Lipinski definition) is 1. The van der Waals surface area contributed by atoms with Crippen LogP contribution in [0.2, 0.25) is 0 Å². The Hall–Kier alpha value is -0.110. The smallest absolute Gasteiger partial charge is 0.668 e. The molecule has 0 aromatic heterocycles. The summed E-state index contributed by atoms with van der Waals surface area (Å²) in [6, 6.07) is 1.51. The number of aliphatic imine (C=N–C) groups is 1. The first-order valence-electron chi connectivity index (χ1n) is 12.6. The van der Waals surface area contributed by atoms with Crippen molar-refractivity contribution in [1.29, 1.82) is 0 Å². The van der Waals surface area contributed by atoms with Crippen molar-refractivity contribution in [2.45, 2.75) is 114 Å². The number of hydrogen-bond donors (Lipinski definition) is 0. The van der Waals surface area contributed by atoms with Crippen LogP contribution in [-0.2, 0) is 22.4 Å². The molecule has 32 heavy (non-hydrogen) atoms. The summed E-state index contributed by atoms with van der Waals surface area (Å²) in [5.41, 5.74) is 0. The standard InChI is InChI=1S/C19H33N3.3C2H6N.Ta/c1-4-10-16(11-5-1)20-19(21-17-12-6-2-7-13-17)22-18-14-8-3-9-15-18;3*1-3-2;/h16-18H,1-15H2;3*1-2H3;/q-2;3*-1;+5. The molecule has 7 heteroatoms. The molecule has 0 bridgehead atoms. The predicted octanol–water partition coefficient (Wildman–Crippen LogP) is 7.94. The van der Waals surface area contributed by atoms with Gasteiger partial charge in [0.25, 0.3) is 0 Å². The molecule has 0 saturated heterocycles. The molecule has 0 radical (unpaired) electrons. The van der Waals surface area contributed by atoms with Crippen LogP contribution in [0.3, 0.4) is 0 Å². The molecule has 0 atom stereocenters. The van der Waals surface area contributed by atoms with Crippen LogP contribution in [0.1, 0.15) is 96.3 Å². The van der Waals surface area contributed by atoms with Crippen molar-refractivity contribution < 1.29 is 22.4 Å². The second kappa shape index (κ2) is 25.5. The Morgan fingerprint density at radius 1 is 0.500 bits per heavy atom. The minimum absolute atomic E-state index is 0. The number of rotatable bonds is 3. The fraction of sp³-hybridized carbons (Fsp3) is 0.960. The molecule has 0 N–H and O–H groups in total. The molecule has 0 spiro atoms. The predicted molar refractivity (Wildman–Crippen MR) is 140 cm³/mol. The molecule has 0 aromatic carbocycles. The summed E-state index contributed by atoms with van der Waals surface area (Å²) in [5, 5.41) is 20.5. The summed E-state index contributed by atoms with van der Waals surface area (Å²) >= 11 is 0. The summed E-state index contributed by atoms with van der Waals surface area (Å²) in [6.07, 6.45) is 19.7. The Bertz CT molecular complexity index is 363. The molecule has 6 nitrogen and oxygen atoms in total. The Morgan fingerprint density at radius 3 is 1.09 bits per heavy atom. The summed E-state index contributed by atoms with van der Waals surface area (Å²) < 4.78 is 0. The fourth-order valence-corrected chi connectivity index (χ4v) is 4.22. The summed E-state index contributed by atoms with van der Waals surface area (Å²) in [4.78, 5) is 5.01. The van der Waals surface area contributed by atoms with E-state index in [-0.39, 0.29) is 22.4 Å². The molecule has 3 saturated carbocycles. The van der Waals surface area contributed by atoms with Crippen LogP contribution in [-0.4, -0.2) is 66.4 Å². The van der Waals surface area contributed by atoms with Crippen molar-refractivity contribution in [2.75, 3.05) is 42.3 Å². The van der Waals surface area contributed by atoms with E-state index in [1.165, 1.54) is 96.3 Å². The van der Waals surface area contributed by atoms with Crippen LogP contribution in [0, 0.1) is 0 Å². The van der Waals surface area contributed by atoms with Crippen molar-refractivity contribution in [3.63, 3.8) is 0 Å². The Labute approximate surface area is 216 Å². The first-order valence-corrected chi connectivity index (χ1v) is 12.6. The van der Waals surface area contributed by atoms with Gasteiger partial charge in [-0.05, 0) is 0 Å². The number of guanidine groups is 1. The molecule has 186 valence electrons. The van der Waals surface area contributed by atoms with E-state index in [2.05, 4.69) is 16.0 Å². The van der Waals surface area contributed by atoms with Gasteiger partial charge in [-0.3, -0.25) is 0 Å². The molecule has 0 aliphatic heterocycles. The zero-order chi connectivity index (χ0) is 23.2. The Balaban J connectivity index is 0. The second-order valence-corrected chi connectivity index (χ2v) is 8.90. The molecule has 0 unspecified atom stereocenters. The van der Waals surface area contributed by atoms with E-state index in [0.717, 1.165) is 5.96 Å². The van der Waals surface area contributed by atoms with Crippen LogP contribution in [0.25, 0.3) is 26.6 Å². The Morgan fingerprint density at radius 2 is 0.781 bits per heavy atom. The zero-order valence-corrected chi connectivity index (χ0v) is 25.2. The van der Waals surface area contributed by atoms with E-state index in [0.29, 0.717) is 18.1 Å². The molecule has 0 aromatic rings. The van der Waals surface area contributed by atoms with Gasteiger partial charge in [-0.15, -0.1) is 0 Å². The van der Waals surface area contributed by atoms with Crippen LogP contribution in [0.5, 0.6) is 0 Å². The maximum atomic E-state index is 5.01. The SMILES string of the molecule is C1CCC(N=C([N-]C2CCCCC2)[N-]C2CCCCC2)CC1.C[N-]C.C[N-]C.C[N-]C.[Ta+5]. The molecule has 3 rings (SSSR count). The fourth-order valence-electron chi connectivity index (χ4n) is 4.22. The van der Waals surface area contributed by atoms with Crippen molar-refractivity contribution in [3.8, 4) is 0 Å². The normalized spacial score (nSPS) is 19.3. The topological polar surface area (TPSA) is 82.9 Å². The van der Waals surface area contributed by atoms with Gasteiger partial charge in [0, 0.05) is 0 Å². The van der Waals surface area contributed by atoms with Gasteiger partial charge < -0.3 is 31.6 Å². The third-order valence-corrected chi connectivity index (χ3v) is 5.62. The monoisotopic (exact) mass is 616 g/mol. The van der Waals surface area contributed by atoms with Gasteiger partial charge in [-0.2, -0.15) is 48.2 Å². The van der Waals surface area contributed by atoms with Crippen LogP contribution < -0.4 is 0 Å². The van der Waals surface area contributed by atoms with Gasteiger partial charge in [0.05, 0.1) is 0 Å². The van der Waals surface area contributed by atoms with Crippen molar-refractivity contribution in [2.24, 2.45) is 4.99 Å². The minimum Gasteiger partial charge on any atom is -0.668 e. The summed E-state index contributed by atoms with van der Waals surface area (Å²) in [6.45, 7) is 0. The van der Waals surface area contributed by atoms with Crippen molar-refractivity contribution in [1.82, 2.24) is 0 Å². The number of nitrogens with zero attached hydrogens (tertiary/aromatic N) is 6. The molecular formula is C25H51N6Ta. The largest absolute Gasteiger partial charge is 5.00 e. The van der Waals surface area contributed by atoms with Crippen molar-refractivity contribution >= 4 is 5.96 Å². The van der Waals surface area contributed by atoms with E-state index in [4.69, 9.17) is 15.6 Å². The summed E-state index contributed by atoms with van der Waals surface area (Å²) in [5.74, 6) is 0.894. The minimum atomic E-state index is 0. The van der Waals surface area contributed by atoms with E-state index < -0.39 is 0 Å². The molecule has 3 fully saturated rings. The van der Waals surface area contributed by atoms with Gasteiger partial charge in [0.1, 0.15) is 0 Å². The first kappa shape index (κ1) is 34.1. The van der Waals surface area contributed by atoms with Gasteiger partial charge >= 0.3 is 22.4 Å². The van der Waals surface area contributed by atoms with E-state index in [1.807, 2.05) is 0 Å². The third kappa shape index (κ3) is 19.4. The first-order chi connectivity index (χ1) is 15.1. The van der Waals surface area contributed by atoms with Gasteiger partial charge in [0.2, 0.25) is 0 Å². The van der Waals surface area contributed by atoms with E-state index in [1.54, 1.807) is 42.3 Å². The quantitative estimate of drug-likeness (QED) is 0.228. The summed E-state index contributed by atoms with van der Waals surface area (Å²) in [7, 11) is 10.5. The average molecular weight is 617 g/mol. The van der Waals surface area contributed by atoms with Crippen LogP contribution >= 0.6 is 0 Å². The van der Waals surface area contributed by atoms with Crippen molar-refractivity contribution in [3.05, 3.63) is 26.6 Å². The second-order valence-electron chi connectivity index (χ2n) is 8.90. The van der Waals surface area contributed by atoms with Crippen LogP contribution in [0.15, 0.2) is 4.99 Å². The maximum Gasteiger partial charge on any atom is 5.00 e. The van der Waals surface area contributed by atoms with E-state index >= 15 is 0 Å². The molecule has 0 heterocycles. The molecule has 3 aliphatic carbocycles. The van der Waals surface area contributed by atoms with E-state index in [9.17, 15) is 0 Å². The third-order valence-electron chi connectivity index (χ3n) is 5.62. The van der Waals surface area contributed by atoms with Gasteiger partial charge in [0.15, 0.2) is 0 Å². The van der Waals surface area contributed by atoms with Crippen LogP contribution in [0.4, 0.5) is 0 Å². The zero-order valence-electron chi connectivity index (χ0n) is 22.0. The maximum absolute atomic E-state index is 5.01. The Kier molecular flexibility index (Phi) is 27.2. The molecule has 3 aliphatic rings. The average Bonchev–Trinajstić information content (AvgIpc) is 2.78. The van der Waals surface area contributed by atoms with Gasteiger partial charge in [-0.1, -0.05) is 114 Å².